The molecule has 0 aromatic heterocycles. The number of aromatic hydroxyl groups is 1. The molecule has 0 radical (unpaired) electrons. The van der Waals surface area contributed by atoms with Crippen molar-refractivity contribution in [3.8, 4) is 11.5 Å². The fraction of sp³-hybridized carbons (Fsp3) is 0.533. The summed E-state index contributed by atoms with van der Waals surface area (Å²) in [6, 6.07) is 3.59. The van der Waals surface area contributed by atoms with Crippen LogP contribution in [-0.4, -0.2) is 23.3 Å². The molecular formula is C15H20O4. The largest absolute Gasteiger partial charge is 0.504 e. The van der Waals surface area contributed by atoms with Crippen molar-refractivity contribution in [1.29, 1.82) is 0 Å². The highest BCUT2D eigenvalue weighted by Gasteiger charge is 2.48. The van der Waals surface area contributed by atoms with Gasteiger partial charge < -0.3 is 14.9 Å². The number of carboxylic acid groups (broad SMARTS) is 1. The first kappa shape index (κ1) is 13.7. The molecule has 0 aliphatic heterocycles. The summed E-state index contributed by atoms with van der Waals surface area (Å²) in [7, 11) is 1.48. The van der Waals surface area contributed by atoms with Gasteiger partial charge in [-0.1, -0.05) is 26.3 Å². The zero-order valence-corrected chi connectivity index (χ0v) is 11.6. The van der Waals surface area contributed by atoms with Crippen LogP contribution in [0.3, 0.4) is 0 Å². The van der Waals surface area contributed by atoms with Crippen LogP contribution in [0, 0.1) is 0 Å². The summed E-state index contributed by atoms with van der Waals surface area (Å²) in [5.74, 6) is -0.293. The Labute approximate surface area is 113 Å². The smallest absolute Gasteiger partial charge is 0.314 e. The summed E-state index contributed by atoms with van der Waals surface area (Å²) in [6.07, 6.45) is 2.02. The van der Waals surface area contributed by atoms with Gasteiger partial charge in [-0.2, -0.15) is 0 Å². The second kappa shape index (κ2) is 4.76. The molecule has 0 saturated heterocycles. The van der Waals surface area contributed by atoms with Crippen molar-refractivity contribution in [2.75, 3.05) is 7.11 Å². The molecule has 0 amide bonds. The molecule has 104 valence electrons. The zero-order valence-electron chi connectivity index (χ0n) is 11.6. The van der Waals surface area contributed by atoms with Crippen LogP contribution in [-0.2, 0) is 10.2 Å². The molecule has 1 fully saturated rings. The molecule has 1 saturated carbocycles. The summed E-state index contributed by atoms with van der Waals surface area (Å²) in [5.41, 5.74) is 0.536. The second-order valence-corrected chi connectivity index (χ2v) is 5.51. The Balaban J connectivity index is 2.61. The van der Waals surface area contributed by atoms with Crippen LogP contribution in [0.2, 0.25) is 0 Å². The van der Waals surface area contributed by atoms with Crippen LogP contribution >= 0.6 is 0 Å². The topological polar surface area (TPSA) is 66.8 Å². The average molecular weight is 264 g/mol. The lowest BCUT2D eigenvalue weighted by Gasteiger charge is -2.39. The van der Waals surface area contributed by atoms with Crippen molar-refractivity contribution in [2.24, 2.45) is 0 Å². The number of carboxylic acids is 1. The molecule has 0 spiro atoms. The zero-order chi connectivity index (χ0) is 14.2. The Hall–Kier alpha value is -1.71. The van der Waals surface area contributed by atoms with Crippen molar-refractivity contribution in [1.82, 2.24) is 0 Å². The number of carbonyl (C=O) groups is 1. The molecule has 0 atom stereocenters. The first-order valence-corrected chi connectivity index (χ1v) is 6.57. The first-order valence-electron chi connectivity index (χ1n) is 6.57. The molecule has 2 rings (SSSR count). The standard InChI is InChI=1S/C15H20O4/c1-9(2)10-7-11(13(16)12(8-10)19-3)15(14(17)18)5-4-6-15/h7-9,16H,4-6H2,1-3H3,(H,17,18). The minimum Gasteiger partial charge on any atom is -0.504 e. The van der Waals surface area contributed by atoms with Gasteiger partial charge in [0.25, 0.3) is 0 Å². The van der Waals surface area contributed by atoms with Gasteiger partial charge in [0.05, 0.1) is 12.5 Å². The predicted octanol–water partition coefficient (Wildman–Crippen LogP) is 3.03. The Morgan fingerprint density at radius 1 is 1.37 bits per heavy atom. The van der Waals surface area contributed by atoms with E-state index in [0.29, 0.717) is 24.2 Å². The fourth-order valence-corrected chi connectivity index (χ4v) is 2.61. The number of hydrogen-bond donors (Lipinski definition) is 2. The summed E-state index contributed by atoms with van der Waals surface area (Å²) >= 11 is 0. The first-order chi connectivity index (χ1) is 8.92. The molecule has 19 heavy (non-hydrogen) atoms. The molecule has 1 aliphatic carbocycles. The predicted molar refractivity (Wildman–Crippen MR) is 71.9 cm³/mol. The number of phenols is 1. The highest BCUT2D eigenvalue weighted by Crippen LogP contribution is 2.50. The van der Waals surface area contributed by atoms with E-state index in [1.165, 1.54) is 7.11 Å². The number of methoxy groups -OCH3 is 1. The summed E-state index contributed by atoms with van der Waals surface area (Å²) in [5, 5.41) is 19.8. The molecular weight excluding hydrogens is 244 g/mol. The van der Waals surface area contributed by atoms with E-state index in [1.54, 1.807) is 6.07 Å². The van der Waals surface area contributed by atoms with E-state index in [-0.39, 0.29) is 11.7 Å². The van der Waals surface area contributed by atoms with E-state index in [9.17, 15) is 15.0 Å². The van der Waals surface area contributed by atoms with E-state index in [1.807, 2.05) is 19.9 Å². The average Bonchev–Trinajstić information content (AvgIpc) is 2.28. The summed E-state index contributed by atoms with van der Waals surface area (Å²) < 4.78 is 5.18. The number of hydrogen-bond acceptors (Lipinski definition) is 3. The van der Waals surface area contributed by atoms with Gasteiger partial charge in [-0.3, -0.25) is 4.79 Å². The van der Waals surface area contributed by atoms with Crippen LogP contribution in [0.5, 0.6) is 11.5 Å². The lowest BCUT2D eigenvalue weighted by atomic mass is 9.64. The van der Waals surface area contributed by atoms with Crippen molar-refractivity contribution >= 4 is 5.97 Å². The van der Waals surface area contributed by atoms with E-state index < -0.39 is 11.4 Å². The van der Waals surface area contributed by atoms with Gasteiger partial charge in [0, 0.05) is 5.56 Å². The Morgan fingerprint density at radius 2 is 2.00 bits per heavy atom. The van der Waals surface area contributed by atoms with Crippen molar-refractivity contribution in [3.05, 3.63) is 23.3 Å². The number of rotatable bonds is 4. The fourth-order valence-electron chi connectivity index (χ4n) is 2.61. The van der Waals surface area contributed by atoms with Crippen LogP contribution in [0.15, 0.2) is 12.1 Å². The summed E-state index contributed by atoms with van der Waals surface area (Å²) in [6.45, 7) is 4.06. The van der Waals surface area contributed by atoms with E-state index >= 15 is 0 Å². The Kier molecular flexibility index (Phi) is 3.43. The van der Waals surface area contributed by atoms with Crippen molar-refractivity contribution in [3.63, 3.8) is 0 Å². The van der Waals surface area contributed by atoms with Crippen molar-refractivity contribution in [2.45, 2.75) is 44.4 Å². The number of ether oxygens (including phenoxy) is 1. The quantitative estimate of drug-likeness (QED) is 0.877. The maximum absolute atomic E-state index is 11.6. The van der Waals surface area contributed by atoms with Crippen molar-refractivity contribution < 1.29 is 19.7 Å². The van der Waals surface area contributed by atoms with Gasteiger partial charge in [-0.25, -0.2) is 0 Å². The lowest BCUT2D eigenvalue weighted by Crippen LogP contribution is -2.42. The van der Waals surface area contributed by atoms with Crippen LogP contribution < -0.4 is 4.74 Å². The molecule has 2 N–H and O–H groups in total. The number of aliphatic carboxylic acids is 1. The van der Waals surface area contributed by atoms with E-state index in [4.69, 9.17) is 4.74 Å². The van der Waals surface area contributed by atoms with Gasteiger partial charge in [-0.15, -0.1) is 0 Å². The monoisotopic (exact) mass is 264 g/mol. The highest BCUT2D eigenvalue weighted by atomic mass is 16.5. The van der Waals surface area contributed by atoms with E-state index in [0.717, 1.165) is 12.0 Å². The minimum atomic E-state index is -0.942. The van der Waals surface area contributed by atoms with Gasteiger partial charge >= 0.3 is 5.97 Å². The minimum absolute atomic E-state index is 0.0333. The molecule has 4 heteroatoms. The van der Waals surface area contributed by atoms with Crippen LogP contribution in [0.1, 0.15) is 50.2 Å². The highest BCUT2D eigenvalue weighted by molar-refractivity contribution is 5.84. The normalized spacial score (nSPS) is 17.1. The van der Waals surface area contributed by atoms with Gasteiger partial charge in [0.1, 0.15) is 0 Å². The van der Waals surface area contributed by atoms with Gasteiger partial charge in [-0.05, 0) is 30.4 Å². The molecule has 1 aromatic rings. The molecule has 0 bridgehead atoms. The molecule has 1 aliphatic rings. The second-order valence-electron chi connectivity index (χ2n) is 5.51. The SMILES string of the molecule is COc1cc(C(C)C)cc(C2(C(=O)O)CCC2)c1O. The van der Waals surface area contributed by atoms with E-state index in [2.05, 4.69) is 0 Å². The Bertz CT molecular complexity index is 501. The van der Waals surface area contributed by atoms with Gasteiger partial charge in [0.2, 0.25) is 0 Å². The lowest BCUT2D eigenvalue weighted by molar-refractivity contribution is -0.147. The number of benzene rings is 1. The Morgan fingerprint density at radius 3 is 2.37 bits per heavy atom. The maximum atomic E-state index is 11.6. The third-order valence-corrected chi connectivity index (χ3v) is 4.12. The molecule has 0 heterocycles. The van der Waals surface area contributed by atoms with Crippen LogP contribution in [0.4, 0.5) is 0 Å². The van der Waals surface area contributed by atoms with Crippen LogP contribution in [0.25, 0.3) is 0 Å². The molecule has 4 nitrogen and oxygen atoms in total. The summed E-state index contributed by atoms with van der Waals surface area (Å²) in [4.78, 5) is 11.6. The molecule has 1 aromatic carbocycles. The molecule has 0 unspecified atom stereocenters. The third kappa shape index (κ3) is 2.05. The maximum Gasteiger partial charge on any atom is 0.314 e. The number of phenolic OH excluding ortho intramolecular Hbond substituents is 1. The van der Waals surface area contributed by atoms with Gasteiger partial charge in [0.15, 0.2) is 11.5 Å². The third-order valence-electron chi connectivity index (χ3n) is 4.12.